The van der Waals surface area contributed by atoms with E-state index in [2.05, 4.69) is 5.16 Å². The fraction of sp³-hybridized carbons (Fsp3) is 0.417. The summed E-state index contributed by atoms with van der Waals surface area (Å²) in [5.41, 5.74) is 5.28. The first kappa shape index (κ1) is 18.1. The molecule has 1 atom stereocenters. The molecule has 4 N–H and O–H groups in total. The minimum absolute atomic E-state index is 0. The van der Waals surface area contributed by atoms with Crippen molar-refractivity contribution in [1.29, 1.82) is 0 Å². The molecule has 0 heterocycles. The van der Waals surface area contributed by atoms with E-state index in [-0.39, 0.29) is 31.3 Å². The monoisotopic (exact) mass is 306 g/mol. The van der Waals surface area contributed by atoms with E-state index in [1.165, 1.54) is 14.2 Å². The van der Waals surface area contributed by atoms with Crippen LogP contribution >= 0.6 is 12.4 Å². The van der Waals surface area contributed by atoms with Crippen LogP contribution in [0.4, 0.5) is 0 Å². The third-order valence-electron chi connectivity index (χ3n) is 2.34. The molecule has 0 radical (unpaired) electrons. The van der Waals surface area contributed by atoms with Crippen LogP contribution in [0, 0.1) is 0 Å². The second-order valence-electron chi connectivity index (χ2n) is 3.81. The maximum absolute atomic E-state index is 9.61. The molecule has 0 aliphatic carbocycles. The fourth-order valence-corrected chi connectivity index (χ4v) is 1.40. The van der Waals surface area contributed by atoms with Crippen LogP contribution < -0.4 is 19.9 Å². The van der Waals surface area contributed by atoms with Crippen LogP contribution in [0.2, 0.25) is 0 Å². The van der Waals surface area contributed by atoms with Gasteiger partial charge in [-0.2, -0.15) is 0 Å². The predicted octanol–water partition coefficient (Wildman–Crippen LogP) is 1.00. The van der Waals surface area contributed by atoms with Gasteiger partial charge in [0.25, 0.3) is 0 Å². The Kier molecular flexibility index (Phi) is 8.26. The van der Waals surface area contributed by atoms with Crippen molar-refractivity contribution in [1.82, 2.24) is 0 Å². The first-order valence-electron chi connectivity index (χ1n) is 5.59. The number of oxime groups is 1. The second kappa shape index (κ2) is 9.11. The standard InChI is InChI=1S/C12H18N2O5.ClH/c1-17-9-4-10(18-2)6-11(5-9)19-7-8(15)3-12(13)14-16;/h4-6,8,15-16H,3,7H2,1-2H3,(H2,13,14);1H. The summed E-state index contributed by atoms with van der Waals surface area (Å²) in [6.45, 7) is 0.00649. The Morgan fingerprint density at radius 3 is 2.15 bits per heavy atom. The molecule has 0 aromatic heterocycles. The van der Waals surface area contributed by atoms with E-state index in [0.717, 1.165) is 0 Å². The Labute approximate surface area is 123 Å². The quantitative estimate of drug-likeness (QED) is 0.300. The van der Waals surface area contributed by atoms with Crippen LogP contribution in [0.15, 0.2) is 23.4 Å². The van der Waals surface area contributed by atoms with Gasteiger partial charge in [-0.25, -0.2) is 0 Å². The van der Waals surface area contributed by atoms with Gasteiger partial charge in [-0.15, -0.1) is 12.4 Å². The SMILES string of the molecule is COc1cc(OC)cc(OCC(O)CC(N)=NO)c1.Cl. The van der Waals surface area contributed by atoms with Crippen LogP contribution in [0.5, 0.6) is 17.2 Å². The van der Waals surface area contributed by atoms with E-state index in [1.54, 1.807) is 18.2 Å². The van der Waals surface area contributed by atoms with Gasteiger partial charge in [0.05, 0.1) is 20.3 Å². The van der Waals surface area contributed by atoms with Crippen molar-refractivity contribution in [3.8, 4) is 17.2 Å². The molecule has 114 valence electrons. The van der Waals surface area contributed by atoms with Gasteiger partial charge in [-0.3, -0.25) is 0 Å². The molecule has 0 fully saturated rings. The minimum atomic E-state index is -0.868. The molecule has 0 aliphatic heterocycles. The Bertz CT molecular complexity index is 420. The van der Waals surface area contributed by atoms with Crippen LogP contribution in [-0.2, 0) is 0 Å². The zero-order valence-corrected chi connectivity index (χ0v) is 12.1. The predicted molar refractivity (Wildman–Crippen MR) is 76.3 cm³/mol. The van der Waals surface area contributed by atoms with E-state index in [4.69, 9.17) is 25.2 Å². The number of rotatable bonds is 7. The van der Waals surface area contributed by atoms with Crippen molar-refractivity contribution in [3.63, 3.8) is 0 Å². The highest BCUT2D eigenvalue weighted by Crippen LogP contribution is 2.27. The average molecular weight is 307 g/mol. The van der Waals surface area contributed by atoms with Crippen molar-refractivity contribution in [2.45, 2.75) is 12.5 Å². The molecule has 1 aromatic rings. The Morgan fingerprint density at radius 2 is 1.70 bits per heavy atom. The summed E-state index contributed by atoms with van der Waals surface area (Å²) in [5, 5.41) is 20.8. The van der Waals surface area contributed by atoms with Crippen molar-refractivity contribution in [2.24, 2.45) is 10.9 Å². The van der Waals surface area contributed by atoms with Crippen molar-refractivity contribution in [2.75, 3.05) is 20.8 Å². The molecule has 7 nitrogen and oxygen atoms in total. The second-order valence-corrected chi connectivity index (χ2v) is 3.81. The van der Waals surface area contributed by atoms with Gasteiger partial charge in [0, 0.05) is 24.6 Å². The Morgan fingerprint density at radius 1 is 1.20 bits per heavy atom. The molecule has 1 rings (SSSR count). The van der Waals surface area contributed by atoms with E-state index >= 15 is 0 Å². The lowest BCUT2D eigenvalue weighted by Gasteiger charge is -2.13. The zero-order valence-electron chi connectivity index (χ0n) is 11.3. The summed E-state index contributed by atoms with van der Waals surface area (Å²) >= 11 is 0. The third kappa shape index (κ3) is 5.85. The van der Waals surface area contributed by atoms with Crippen LogP contribution in [0.3, 0.4) is 0 Å². The molecule has 0 bridgehead atoms. The van der Waals surface area contributed by atoms with Crippen molar-refractivity contribution in [3.05, 3.63) is 18.2 Å². The number of benzene rings is 1. The number of methoxy groups -OCH3 is 2. The molecule has 8 heteroatoms. The average Bonchev–Trinajstić information content (AvgIpc) is 2.44. The highest BCUT2D eigenvalue weighted by atomic mass is 35.5. The first-order valence-corrected chi connectivity index (χ1v) is 5.59. The van der Waals surface area contributed by atoms with Gasteiger partial charge >= 0.3 is 0 Å². The molecule has 1 unspecified atom stereocenters. The van der Waals surface area contributed by atoms with E-state index < -0.39 is 6.10 Å². The number of halogens is 1. The van der Waals surface area contributed by atoms with Gasteiger partial charge in [0.1, 0.15) is 29.7 Å². The van der Waals surface area contributed by atoms with Crippen LogP contribution in [0.25, 0.3) is 0 Å². The maximum atomic E-state index is 9.61. The van der Waals surface area contributed by atoms with Gasteiger partial charge in [0.2, 0.25) is 0 Å². The first-order chi connectivity index (χ1) is 9.08. The summed E-state index contributed by atoms with van der Waals surface area (Å²) in [7, 11) is 3.07. The molecule has 0 aliphatic rings. The summed E-state index contributed by atoms with van der Waals surface area (Å²) in [4.78, 5) is 0. The number of ether oxygens (including phenoxy) is 3. The van der Waals surface area contributed by atoms with Gasteiger partial charge in [0.15, 0.2) is 0 Å². The number of hydrogen-bond acceptors (Lipinski definition) is 6. The van der Waals surface area contributed by atoms with Gasteiger partial charge in [-0.05, 0) is 0 Å². The Hall–Kier alpha value is -1.86. The Balaban J connectivity index is 0.00000361. The largest absolute Gasteiger partial charge is 0.496 e. The normalized spacial score (nSPS) is 12.2. The third-order valence-corrected chi connectivity index (χ3v) is 2.34. The molecular formula is C12H19ClN2O5. The summed E-state index contributed by atoms with van der Waals surface area (Å²) < 4.78 is 15.6. The topological polar surface area (TPSA) is 107 Å². The number of aliphatic hydroxyl groups excluding tert-OH is 1. The highest BCUT2D eigenvalue weighted by Gasteiger charge is 2.09. The van der Waals surface area contributed by atoms with E-state index in [9.17, 15) is 5.11 Å². The van der Waals surface area contributed by atoms with Crippen LogP contribution in [-0.4, -0.2) is 43.1 Å². The van der Waals surface area contributed by atoms with E-state index in [0.29, 0.717) is 17.2 Å². The molecule has 0 amide bonds. The fourth-order valence-electron chi connectivity index (χ4n) is 1.40. The lowest BCUT2D eigenvalue weighted by Crippen LogP contribution is -2.25. The molecule has 0 spiro atoms. The maximum Gasteiger partial charge on any atom is 0.141 e. The summed E-state index contributed by atoms with van der Waals surface area (Å²) in [6.07, 6.45) is -0.842. The van der Waals surface area contributed by atoms with Gasteiger partial charge in [-0.1, -0.05) is 5.16 Å². The molecule has 0 saturated carbocycles. The number of aliphatic hydroxyl groups is 1. The molecular weight excluding hydrogens is 288 g/mol. The number of nitrogens with zero attached hydrogens (tertiary/aromatic N) is 1. The molecule has 1 aromatic carbocycles. The number of amidine groups is 1. The van der Waals surface area contributed by atoms with Gasteiger partial charge < -0.3 is 30.3 Å². The van der Waals surface area contributed by atoms with Crippen molar-refractivity contribution < 1.29 is 24.5 Å². The van der Waals surface area contributed by atoms with Crippen molar-refractivity contribution >= 4 is 18.2 Å². The summed E-state index contributed by atoms with van der Waals surface area (Å²) in [5.74, 6) is 1.61. The van der Waals surface area contributed by atoms with E-state index in [1.807, 2.05) is 0 Å². The smallest absolute Gasteiger partial charge is 0.141 e. The van der Waals surface area contributed by atoms with Crippen LogP contribution in [0.1, 0.15) is 6.42 Å². The molecule has 20 heavy (non-hydrogen) atoms. The lowest BCUT2D eigenvalue weighted by molar-refractivity contribution is 0.112. The molecule has 0 saturated heterocycles. The lowest BCUT2D eigenvalue weighted by atomic mass is 10.2. The minimum Gasteiger partial charge on any atom is -0.496 e. The summed E-state index contributed by atoms with van der Waals surface area (Å²) in [6, 6.07) is 5.04. The zero-order chi connectivity index (χ0) is 14.3. The highest BCUT2D eigenvalue weighted by molar-refractivity contribution is 5.85. The number of nitrogens with two attached hydrogens (primary N) is 1. The number of hydrogen-bond donors (Lipinski definition) is 3.